The quantitative estimate of drug-likeness (QED) is 0.517. The van der Waals surface area contributed by atoms with Gasteiger partial charge in [-0.15, -0.1) is 0 Å². The van der Waals surface area contributed by atoms with Crippen molar-refractivity contribution < 1.29 is 32.9 Å². The van der Waals surface area contributed by atoms with Crippen molar-refractivity contribution in [1.82, 2.24) is 0 Å². The number of primary amides is 1. The highest BCUT2D eigenvalue weighted by molar-refractivity contribution is 7.80. The van der Waals surface area contributed by atoms with Crippen LogP contribution >= 0.6 is 11.6 Å². The first-order chi connectivity index (χ1) is 15.1. The number of hydrogen-bond donors (Lipinski definition) is 3. The van der Waals surface area contributed by atoms with Crippen LogP contribution in [-0.2, 0) is 25.6 Å². The van der Waals surface area contributed by atoms with Crippen molar-refractivity contribution in [2.75, 3.05) is 4.31 Å². The van der Waals surface area contributed by atoms with Crippen molar-refractivity contribution in [2.24, 2.45) is 5.73 Å². The van der Waals surface area contributed by atoms with Crippen LogP contribution < -0.4 is 14.8 Å². The zero-order chi connectivity index (χ0) is 23.1. The molecule has 9 nitrogen and oxygen atoms in total. The van der Waals surface area contributed by atoms with E-state index in [-0.39, 0.29) is 24.9 Å². The fourth-order valence-electron chi connectivity index (χ4n) is 4.47. The number of ether oxygens (including phenoxy) is 2. The van der Waals surface area contributed by atoms with Crippen LogP contribution in [0.1, 0.15) is 25.7 Å². The Kier molecular flexibility index (Phi) is 5.89. The van der Waals surface area contributed by atoms with E-state index in [1.807, 2.05) is 0 Å². The summed E-state index contributed by atoms with van der Waals surface area (Å²) in [6.45, 7) is 0. The third kappa shape index (κ3) is 3.95. The number of nitrogens with zero attached hydrogens (tertiary/aromatic N) is 1. The number of aliphatic carboxylic acids is 1. The second-order valence-corrected chi connectivity index (χ2v) is 9.19. The molecule has 0 saturated carbocycles. The van der Waals surface area contributed by atoms with Crippen LogP contribution in [0.25, 0.3) is 0 Å². The molecule has 4 rings (SSSR count). The van der Waals surface area contributed by atoms with Crippen molar-refractivity contribution in [1.29, 1.82) is 0 Å². The van der Waals surface area contributed by atoms with Gasteiger partial charge in [-0.2, -0.15) is 0 Å². The largest absolute Gasteiger partial charge is 0.479 e. The van der Waals surface area contributed by atoms with Gasteiger partial charge in [-0.05, 0) is 61.4 Å². The number of amides is 1. The van der Waals surface area contributed by atoms with E-state index < -0.39 is 40.4 Å². The predicted octanol–water partition coefficient (Wildman–Crippen LogP) is 3.10. The molecule has 2 aliphatic heterocycles. The molecule has 0 aromatic heterocycles. The fourth-order valence-corrected chi connectivity index (χ4v) is 5.42. The van der Waals surface area contributed by atoms with Crippen molar-refractivity contribution in [3.63, 3.8) is 0 Å². The SMILES string of the molecule is NC(=O)C12CCC(CC(C(=O)O)(N(c3ccc(Oc4ccc(Cl)cc4)cc3)S(=O)O)C1)O2. The zero-order valence-corrected chi connectivity index (χ0v) is 18.3. The maximum atomic E-state index is 12.5. The van der Waals surface area contributed by atoms with Crippen LogP contribution in [0.3, 0.4) is 0 Å². The Labute approximate surface area is 191 Å². The Bertz CT molecular complexity index is 1060. The minimum atomic E-state index is -2.70. The highest BCUT2D eigenvalue weighted by atomic mass is 35.5. The lowest BCUT2D eigenvalue weighted by Gasteiger charge is -2.47. The molecule has 4 N–H and O–H groups in total. The van der Waals surface area contributed by atoms with Crippen molar-refractivity contribution in [2.45, 2.75) is 42.9 Å². The van der Waals surface area contributed by atoms with Gasteiger partial charge < -0.3 is 20.3 Å². The first-order valence-corrected chi connectivity index (χ1v) is 11.3. The van der Waals surface area contributed by atoms with E-state index in [1.165, 1.54) is 12.1 Å². The van der Waals surface area contributed by atoms with Gasteiger partial charge in [0.2, 0.25) is 5.91 Å². The summed E-state index contributed by atoms with van der Waals surface area (Å²) in [6.07, 6.45) is -0.256. The highest BCUT2D eigenvalue weighted by Gasteiger charge is 2.63. The van der Waals surface area contributed by atoms with Crippen molar-refractivity contribution in [3.05, 3.63) is 53.6 Å². The van der Waals surface area contributed by atoms with Gasteiger partial charge in [-0.3, -0.25) is 13.7 Å². The fraction of sp³-hybridized carbons (Fsp3) is 0.333. The number of carbonyl (C=O) groups excluding carboxylic acids is 1. The van der Waals surface area contributed by atoms with Crippen molar-refractivity contribution in [3.8, 4) is 11.5 Å². The predicted molar refractivity (Wildman–Crippen MR) is 117 cm³/mol. The smallest absolute Gasteiger partial charge is 0.330 e. The number of carbonyl (C=O) groups is 2. The van der Waals surface area contributed by atoms with Gasteiger partial charge in [-0.1, -0.05) is 11.6 Å². The van der Waals surface area contributed by atoms with Gasteiger partial charge in [0, 0.05) is 17.9 Å². The van der Waals surface area contributed by atoms with Gasteiger partial charge in [0.05, 0.1) is 11.8 Å². The Morgan fingerprint density at radius 1 is 1.16 bits per heavy atom. The van der Waals surface area contributed by atoms with E-state index in [0.717, 1.165) is 4.31 Å². The summed E-state index contributed by atoms with van der Waals surface area (Å²) < 4.78 is 34.9. The molecule has 2 aromatic rings. The molecule has 2 aromatic carbocycles. The van der Waals surface area contributed by atoms with Crippen molar-refractivity contribution >= 4 is 40.4 Å². The van der Waals surface area contributed by atoms with Crippen LogP contribution in [0.4, 0.5) is 5.69 Å². The lowest BCUT2D eigenvalue weighted by Crippen LogP contribution is -2.65. The van der Waals surface area contributed by atoms with Gasteiger partial charge >= 0.3 is 5.97 Å². The molecule has 4 unspecified atom stereocenters. The van der Waals surface area contributed by atoms with Crippen LogP contribution in [0.2, 0.25) is 5.02 Å². The van der Waals surface area contributed by atoms with E-state index in [4.69, 9.17) is 26.8 Å². The van der Waals surface area contributed by atoms with Gasteiger partial charge in [0.25, 0.3) is 11.3 Å². The number of fused-ring (bicyclic) bond motifs is 2. The summed E-state index contributed by atoms with van der Waals surface area (Å²) in [5.41, 5.74) is 2.37. The molecule has 0 spiro atoms. The maximum absolute atomic E-state index is 12.5. The Hall–Kier alpha value is -2.66. The Morgan fingerprint density at radius 2 is 1.75 bits per heavy atom. The first kappa shape index (κ1) is 22.5. The van der Waals surface area contributed by atoms with Gasteiger partial charge in [-0.25, -0.2) is 9.00 Å². The number of carboxylic acid groups (broad SMARTS) is 1. The summed E-state index contributed by atoms with van der Waals surface area (Å²) in [5.74, 6) is -1.14. The molecule has 170 valence electrons. The average molecular weight is 481 g/mol. The molecule has 2 saturated heterocycles. The minimum absolute atomic E-state index is 0.0628. The normalized spacial score (nSPS) is 27.5. The zero-order valence-electron chi connectivity index (χ0n) is 16.8. The average Bonchev–Trinajstić information content (AvgIpc) is 3.06. The lowest BCUT2D eigenvalue weighted by molar-refractivity contribution is -0.165. The van der Waals surface area contributed by atoms with Crippen LogP contribution in [0.5, 0.6) is 11.5 Å². The highest BCUT2D eigenvalue weighted by Crippen LogP contribution is 2.49. The second kappa shape index (κ2) is 8.36. The Morgan fingerprint density at radius 3 is 2.28 bits per heavy atom. The van der Waals surface area contributed by atoms with Gasteiger partial charge in [0.15, 0.2) is 5.54 Å². The summed E-state index contributed by atoms with van der Waals surface area (Å²) in [5, 5.41) is 10.7. The van der Waals surface area contributed by atoms with E-state index in [0.29, 0.717) is 22.9 Å². The summed E-state index contributed by atoms with van der Waals surface area (Å²) >= 11 is 3.16. The number of hydrogen-bond acceptors (Lipinski definition) is 5. The molecule has 2 aliphatic rings. The maximum Gasteiger partial charge on any atom is 0.330 e. The van der Waals surface area contributed by atoms with E-state index in [2.05, 4.69) is 0 Å². The molecule has 2 heterocycles. The number of carboxylic acids is 1. The summed E-state index contributed by atoms with van der Waals surface area (Å²) in [7, 11) is 0. The molecule has 32 heavy (non-hydrogen) atoms. The van der Waals surface area contributed by atoms with E-state index >= 15 is 0 Å². The van der Waals surface area contributed by atoms with E-state index in [9.17, 15) is 23.5 Å². The number of benzene rings is 2. The topological polar surface area (TPSA) is 139 Å². The summed E-state index contributed by atoms with van der Waals surface area (Å²) in [6, 6.07) is 12.8. The summed E-state index contributed by atoms with van der Waals surface area (Å²) in [4.78, 5) is 24.6. The molecule has 4 atom stereocenters. The second-order valence-electron chi connectivity index (χ2n) is 7.93. The molecule has 0 aliphatic carbocycles. The van der Waals surface area contributed by atoms with Crippen LogP contribution in [-0.4, -0.2) is 43.0 Å². The number of halogens is 1. The lowest BCUT2D eigenvalue weighted by atomic mass is 9.79. The van der Waals surface area contributed by atoms with Crippen LogP contribution in [0, 0.1) is 0 Å². The molecule has 0 radical (unpaired) electrons. The first-order valence-electron chi connectivity index (χ1n) is 9.81. The van der Waals surface area contributed by atoms with Gasteiger partial charge in [0.1, 0.15) is 17.1 Å². The standard InChI is InChI=1S/C21H21ClN2O7S/c22-13-1-5-15(6-2-13)30-16-7-3-14(4-8-16)24(32(28)29)20(19(26)27)11-17-9-10-21(12-20,31-17)18(23)25/h1-8,17H,9-12H2,(H2,23,25)(H,26,27)(H,28,29). The van der Waals surface area contributed by atoms with Crippen LogP contribution in [0.15, 0.2) is 48.5 Å². The monoisotopic (exact) mass is 480 g/mol. The number of anilines is 1. The third-order valence-electron chi connectivity index (χ3n) is 5.92. The molecule has 1 amide bonds. The minimum Gasteiger partial charge on any atom is -0.479 e. The molecule has 2 fully saturated rings. The third-order valence-corrected chi connectivity index (χ3v) is 7.04. The Balaban J connectivity index is 1.67. The molecule has 11 heteroatoms. The molecular weight excluding hydrogens is 460 g/mol. The van der Waals surface area contributed by atoms with E-state index in [1.54, 1.807) is 36.4 Å². The molecule has 2 bridgehead atoms. The molecular formula is C21H21ClN2O7S. The number of rotatable bonds is 7. The number of nitrogens with two attached hydrogens (primary N) is 1.